The lowest BCUT2D eigenvalue weighted by Gasteiger charge is -2.14. The quantitative estimate of drug-likeness (QED) is 0.247. The van der Waals surface area contributed by atoms with Gasteiger partial charge in [0.1, 0.15) is 17.2 Å². The number of aryl methyl sites for hydroxylation is 2. The van der Waals surface area contributed by atoms with Crippen molar-refractivity contribution in [2.45, 2.75) is 26.1 Å². The maximum Gasteiger partial charge on any atom is 0.452 e. The number of pyridine rings is 1. The Balaban J connectivity index is 1.81. The maximum atomic E-state index is 13.6. The summed E-state index contributed by atoms with van der Waals surface area (Å²) < 4.78 is 134. The van der Waals surface area contributed by atoms with E-state index in [0.717, 1.165) is 24.4 Å². The van der Waals surface area contributed by atoms with Crippen LogP contribution in [0, 0.1) is 25.0 Å². The van der Waals surface area contributed by atoms with Gasteiger partial charge in [0.2, 0.25) is 11.6 Å². The Bertz CT molecular complexity index is 1880. The number of para-hydroxylation sites is 1. The first-order chi connectivity index (χ1) is 19.3. The van der Waals surface area contributed by atoms with Crippen LogP contribution in [0.25, 0.3) is 38.9 Å². The number of nitrogens with zero attached hydrogens (tertiary/aromatic N) is 5. The number of benzene rings is 2. The third kappa shape index (κ3) is 3.55. The molecule has 36 heavy (non-hydrogen) atoms. The Kier molecular flexibility index (Phi) is 3.71. The molecule has 0 amide bonds. The molecule has 0 bridgehead atoms. The summed E-state index contributed by atoms with van der Waals surface area (Å²) in [5, 5.41) is 15.6. The summed E-state index contributed by atoms with van der Waals surface area (Å²) in [5.41, 5.74) is -2.89. The predicted molar refractivity (Wildman–Crippen MR) is 116 cm³/mol. The van der Waals surface area contributed by atoms with E-state index in [1.165, 1.54) is 18.2 Å². The molecule has 0 atom stereocenters. The van der Waals surface area contributed by atoms with E-state index in [-0.39, 0.29) is 37.8 Å². The molecular formula is C24H13F6N5O. The monoisotopic (exact) mass is 507 g/mol. The first-order valence-corrected chi connectivity index (χ1v) is 9.84. The van der Waals surface area contributed by atoms with Crippen LogP contribution >= 0.6 is 0 Å². The first kappa shape index (κ1) is 17.1. The van der Waals surface area contributed by atoms with E-state index < -0.39 is 60.1 Å². The van der Waals surface area contributed by atoms with E-state index in [4.69, 9.17) is 12.6 Å². The zero-order chi connectivity index (χ0) is 31.0. The third-order valence-electron chi connectivity index (χ3n) is 5.35. The lowest BCUT2D eigenvalue weighted by molar-refractivity contribution is -0.153. The average Bonchev–Trinajstić information content (AvgIpc) is 3.49. The Morgan fingerprint density at radius 2 is 1.58 bits per heavy atom. The molecule has 0 radical (unpaired) electrons. The summed E-state index contributed by atoms with van der Waals surface area (Å²) in [7, 11) is 0. The molecule has 5 aromatic rings. The lowest BCUT2D eigenvalue weighted by atomic mass is 10.0. The van der Waals surface area contributed by atoms with Gasteiger partial charge in [-0.2, -0.15) is 31.6 Å². The summed E-state index contributed by atoms with van der Waals surface area (Å²) in [6.07, 6.45) is -9.85. The summed E-state index contributed by atoms with van der Waals surface area (Å²) in [6.45, 7) is -5.65. The van der Waals surface area contributed by atoms with Crippen LogP contribution in [0.15, 0.2) is 47.0 Å². The average molecular weight is 507 g/mol. The van der Waals surface area contributed by atoms with Crippen molar-refractivity contribution in [1.29, 1.82) is 5.26 Å². The van der Waals surface area contributed by atoms with Gasteiger partial charge in [-0.25, -0.2) is 0 Å². The van der Waals surface area contributed by atoms with Gasteiger partial charge in [0.25, 0.3) is 0 Å². The van der Waals surface area contributed by atoms with Gasteiger partial charge in [-0.15, -0.1) is 10.2 Å². The molecule has 0 spiro atoms. The van der Waals surface area contributed by atoms with E-state index in [1.54, 1.807) is 6.07 Å². The fourth-order valence-electron chi connectivity index (χ4n) is 3.83. The van der Waals surface area contributed by atoms with E-state index >= 15 is 0 Å². The van der Waals surface area contributed by atoms with Crippen LogP contribution in [-0.4, -0.2) is 19.7 Å². The topological polar surface area (TPSA) is 80.5 Å². The van der Waals surface area contributed by atoms with Crippen LogP contribution in [-0.2, 0) is 12.4 Å². The predicted octanol–water partition coefficient (Wildman–Crippen LogP) is 6.75. The number of hydrogen-bond donors (Lipinski definition) is 0. The standard InChI is InChI=1S/C24H13F6N5O/c1-11-8-17(32-10-12(11)2)15-5-3-4-13-14-6-7-18(16(9-31)20(14)36-19(13)15)35-21(23(25,26)27)33-34-22(35)24(28,29)30/h3-8,10H,1-2H3/i1D3,2D3. The molecule has 3 aromatic heterocycles. The van der Waals surface area contributed by atoms with E-state index in [9.17, 15) is 31.6 Å². The second kappa shape index (κ2) is 7.81. The summed E-state index contributed by atoms with van der Waals surface area (Å²) >= 11 is 0. The van der Waals surface area contributed by atoms with Crippen LogP contribution in [0.5, 0.6) is 0 Å². The normalized spacial score (nSPS) is 15.6. The SMILES string of the molecule is [2H]C([2H])([2H])c1cnc(-c2cccc3c2oc2c(C#N)c(-n4c(C(F)(F)F)nnc4C(F)(F)F)ccc23)cc1C([2H])([2H])[2H]. The van der Waals surface area contributed by atoms with Crippen LogP contribution in [0.3, 0.4) is 0 Å². The second-order valence-electron chi connectivity index (χ2n) is 7.53. The number of aromatic nitrogens is 4. The highest BCUT2D eigenvalue weighted by Gasteiger charge is 2.46. The Morgan fingerprint density at radius 3 is 2.19 bits per heavy atom. The van der Waals surface area contributed by atoms with Gasteiger partial charge in [-0.05, 0) is 49.1 Å². The van der Waals surface area contributed by atoms with Crippen molar-refractivity contribution in [2.24, 2.45) is 0 Å². The third-order valence-corrected chi connectivity index (χ3v) is 5.35. The number of halogens is 6. The molecule has 0 saturated carbocycles. The molecule has 0 unspecified atom stereocenters. The molecule has 0 fully saturated rings. The molecule has 6 nitrogen and oxygen atoms in total. The van der Waals surface area contributed by atoms with Crippen molar-refractivity contribution in [2.75, 3.05) is 0 Å². The van der Waals surface area contributed by atoms with Gasteiger partial charge >= 0.3 is 12.4 Å². The van der Waals surface area contributed by atoms with Crippen molar-refractivity contribution >= 4 is 21.9 Å². The number of alkyl halides is 6. The molecule has 2 aromatic carbocycles. The summed E-state index contributed by atoms with van der Waals surface area (Å²) in [5.74, 6) is -4.03. The first-order valence-electron chi connectivity index (χ1n) is 12.8. The number of rotatable bonds is 2. The van der Waals surface area contributed by atoms with E-state index in [0.29, 0.717) is 0 Å². The van der Waals surface area contributed by atoms with Crippen LogP contribution in [0.1, 0.15) is 36.6 Å². The Labute approximate surface area is 206 Å². The fraction of sp³-hybridized carbons (Fsp3) is 0.167. The molecule has 0 aliphatic carbocycles. The smallest absolute Gasteiger partial charge is 0.452 e. The zero-order valence-electron chi connectivity index (χ0n) is 23.5. The molecule has 0 aliphatic heterocycles. The van der Waals surface area contributed by atoms with Gasteiger partial charge in [-0.3, -0.25) is 9.55 Å². The maximum absolute atomic E-state index is 13.6. The highest BCUT2D eigenvalue weighted by molar-refractivity contribution is 6.11. The Hall–Kier alpha value is -4.40. The fourth-order valence-corrected chi connectivity index (χ4v) is 3.83. The van der Waals surface area contributed by atoms with Crippen LogP contribution < -0.4 is 0 Å². The molecule has 0 aliphatic rings. The van der Waals surface area contributed by atoms with Crippen molar-refractivity contribution in [3.8, 4) is 23.0 Å². The highest BCUT2D eigenvalue weighted by Crippen LogP contribution is 2.41. The molecule has 12 heteroatoms. The minimum absolute atomic E-state index is 0.0392. The molecule has 5 rings (SSSR count). The van der Waals surface area contributed by atoms with Crippen molar-refractivity contribution in [1.82, 2.24) is 19.7 Å². The largest absolute Gasteiger partial charge is 0.454 e. The molecule has 182 valence electrons. The Morgan fingerprint density at radius 1 is 0.917 bits per heavy atom. The second-order valence-corrected chi connectivity index (χ2v) is 7.53. The van der Waals surface area contributed by atoms with E-state index in [1.807, 2.05) is 0 Å². The van der Waals surface area contributed by atoms with Gasteiger partial charge in [-0.1, -0.05) is 12.1 Å². The van der Waals surface area contributed by atoms with Crippen molar-refractivity contribution in [3.63, 3.8) is 0 Å². The van der Waals surface area contributed by atoms with Gasteiger partial charge in [0.15, 0.2) is 5.58 Å². The highest BCUT2D eigenvalue weighted by atomic mass is 19.4. The molecule has 3 heterocycles. The lowest BCUT2D eigenvalue weighted by Crippen LogP contribution is -2.20. The van der Waals surface area contributed by atoms with Gasteiger partial charge in [0, 0.05) is 30.8 Å². The van der Waals surface area contributed by atoms with Crippen LogP contribution in [0.4, 0.5) is 26.3 Å². The van der Waals surface area contributed by atoms with E-state index in [2.05, 4.69) is 15.2 Å². The number of hydrogen-bond acceptors (Lipinski definition) is 5. The van der Waals surface area contributed by atoms with Gasteiger partial charge in [0.05, 0.1) is 11.4 Å². The molecule has 0 N–H and O–H groups in total. The number of nitriles is 1. The number of furan rings is 1. The van der Waals surface area contributed by atoms with Crippen LogP contribution in [0.2, 0.25) is 0 Å². The van der Waals surface area contributed by atoms with Crippen molar-refractivity contribution in [3.05, 3.63) is 70.9 Å². The minimum Gasteiger partial charge on any atom is -0.454 e. The van der Waals surface area contributed by atoms with Crippen molar-refractivity contribution < 1.29 is 39.0 Å². The minimum atomic E-state index is -5.37. The molecular weight excluding hydrogens is 488 g/mol. The number of fused-ring (bicyclic) bond motifs is 3. The van der Waals surface area contributed by atoms with Gasteiger partial charge < -0.3 is 4.42 Å². The zero-order valence-corrected chi connectivity index (χ0v) is 17.5. The molecule has 0 saturated heterocycles. The summed E-state index contributed by atoms with van der Waals surface area (Å²) in [6, 6.07) is 9.07. The summed E-state index contributed by atoms with van der Waals surface area (Å²) in [4.78, 5) is 4.08.